The molecule has 0 fully saturated rings. The number of rotatable bonds is 6. The largest absolute Gasteiger partial charge is 0.495 e. The van der Waals surface area contributed by atoms with Crippen molar-refractivity contribution in [1.29, 1.82) is 0 Å². The number of halogens is 2. The van der Waals surface area contributed by atoms with Crippen LogP contribution in [0.2, 0.25) is 0 Å². The van der Waals surface area contributed by atoms with E-state index in [1.807, 2.05) is 0 Å². The van der Waals surface area contributed by atoms with Gasteiger partial charge in [0, 0.05) is 10.5 Å². The second-order valence-electron chi connectivity index (χ2n) is 3.53. The van der Waals surface area contributed by atoms with Crippen molar-refractivity contribution in [3.63, 3.8) is 0 Å². The third-order valence-corrected chi connectivity index (χ3v) is 4.76. The van der Waals surface area contributed by atoms with Gasteiger partial charge in [0.25, 0.3) is 0 Å². The minimum Gasteiger partial charge on any atom is -0.495 e. The first kappa shape index (κ1) is 15.7. The summed E-state index contributed by atoms with van der Waals surface area (Å²) in [7, 11) is -1.87. The summed E-state index contributed by atoms with van der Waals surface area (Å²) < 4.78 is 32.5. The lowest BCUT2D eigenvalue weighted by Gasteiger charge is -2.12. The lowest BCUT2D eigenvalue weighted by atomic mass is 10.3. The van der Waals surface area contributed by atoms with Crippen molar-refractivity contribution in [2.24, 2.45) is 5.73 Å². The van der Waals surface area contributed by atoms with Gasteiger partial charge in [0.15, 0.2) is 0 Å². The van der Waals surface area contributed by atoms with Crippen LogP contribution in [0.1, 0.15) is 6.42 Å². The summed E-state index contributed by atoms with van der Waals surface area (Å²) in [6.45, 7) is 0.339. The standard InChI is InChI=1S/C10H14Br2N2O3S/c1-17-10-6-9(7(11)5-8(10)12)14-18(15,16)4-2-3-13/h5-6,14H,2-4,13H2,1H3. The second kappa shape index (κ2) is 6.74. The molecule has 1 aromatic rings. The number of sulfonamides is 1. The molecular formula is C10H14Br2N2O3S. The van der Waals surface area contributed by atoms with Crippen LogP contribution < -0.4 is 15.2 Å². The molecule has 0 spiro atoms. The van der Waals surface area contributed by atoms with Crippen LogP contribution in [-0.4, -0.2) is 27.8 Å². The van der Waals surface area contributed by atoms with E-state index >= 15 is 0 Å². The van der Waals surface area contributed by atoms with E-state index in [4.69, 9.17) is 10.5 Å². The topological polar surface area (TPSA) is 81.4 Å². The molecule has 0 heterocycles. The van der Waals surface area contributed by atoms with E-state index in [1.54, 1.807) is 12.1 Å². The van der Waals surface area contributed by atoms with Gasteiger partial charge in [-0.2, -0.15) is 0 Å². The summed E-state index contributed by atoms with van der Waals surface area (Å²) >= 11 is 6.61. The minimum atomic E-state index is -3.39. The maximum Gasteiger partial charge on any atom is 0.232 e. The van der Waals surface area contributed by atoms with Crippen LogP contribution >= 0.6 is 31.9 Å². The van der Waals surface area contributed by atoms with Crippen molar-refractivity contribution in [2.45, 2.75) is 6.42 Å². The van der Waals surface area contributed by atoms with Gasteiger partial charge in [-0.05, 0) is 50.9 Å². The van der Waals surface area contributed by atoms with Gasteiger partial charge in [0.1, 0.15) is 5.75 Å². The van der Waals surface area contributed by atoms with Gasteiger partial charge < -0.3 is 10.5 Å². The van der Waals surface area contributed by atoms with Gasteiger partial charge >= 0.3 is 0 Å². The molecule has 0 aliphatic carbocycles. The fraction of sp³-hybridized carbons (Fsp3) is 0.400. The van der Waals surface area contributed by atoms with E-state index in [1.165, 1.54) is 7.11 Å². The Morgan fingerprint density at radius 3 is 2.56 bits per heavy atom. The number of ether oxygens (including phenoxy) is 1. The smallest absolute Gasteiger partial charge is 0.232 e. The van der Waals surface area contributed by atoms with E-state index in [2.05, 4.69) is 36.6 Å². The molecule has 8 heteroatoms. The Kier molecular flexibility index (Phi) is 5.90. The summed E-state index contributed by atoms with van der Waals surface area (Å²) in [5.41, 5.74) is 5.73. The predicted octanol–water partition coefficient (Wildman–Crippen LogP) is 2.31. The minimum absolute atomic E-state index is 0.00564. The number of benzene rings is 1. The predicted molar refractivity (Wildman–Crippen MR) is 79.5 cm³/mol. The highest BCUT2D eigenvalue weighted by Crippen LogP contribution is 2.34. The molecule has 0 bridgehead atoms. The van der Waals surface area contributed by atoms with Gasteiger partial charge in [-0.25, -0.2) is 8.42 Å². The monoisotopic (exact) mass is 400 g/mol. The van der Waals surface area contributed by atoms with Crippen LogP contribution in [0.3, 0.4) is 0 Å². The van der Waals surface area contributed by atoms with Crippen LogP contribution in [0, 0.1) is 0 Å². The number of anilines is 1. The molecule has 0 radical (unpaired) electrons. The zero-order chi connectivity index (χ0) is 13.8. The highest BCUT2D eigenvalue weighted by molar-refractivity contribution is 9.11. The first-order valence-electron chi connectivity index (χ1n) is 5.13. The molecule has 0 saturated carbocycles. The lowest BCUT2D eigenvalue weighted by molar-refractivity contribution is 0.412. The molecule has 0 saturated heterocycles. The maximum atomic E-state index is 11.8. The first-order valence-corrected chi connectivity index (χ1v) is 8.37. The third kappa shape index (κ3) is 4.42. The summed E-state index contributed by atoms with van der Waals surface area (Å²) in [6, 6.07) is 3.33. The van der Waals surface area contributed by atoms with E-state index in [-0.39, 0.29) is 5.75 Å². The quantitative estimate of drug-likeness (QED) is 0.766. The van der Waals surface area contributed by atoms with Gasteiger partial charge in [0.05, 0.1) is 23.0 Å². The average molecular weight is 402 g/mol. The molecular weight excluding hydrogens is 388 g/mol. The lowest BCUT2D eigenvalue weighted by Crippen LogP contribution is -2.19. The van der Waals surface area contributed by atoms with Crippen molar-refractivity contribution in [2.75, 3.05) is 24.1 Å². The van der Waals surface area contributed by atoms with Crippen molar-refractivity contribution >= 4 is 47.6 Å². The van der Waals surface area contributed by atoms with Gasteiger partial charge in [0.2, 0.25) is 10.0 Å². The first-order chi connectivity index (χ1) is 8.39. The number of methoxy groups -OCH3 is 1. The molecule has 1 rings (SSSR count). The maximum absolute atomic E-state index is 11.8. The SMILES string of the molecule is COc1cc(NS(=O)(=O)CCCN)c(Br)cc1Br. The molecule has 102 valence electrons. The van der Waals surface area contributed by atoms with Crippen molar-refractivity contribution in [3.05, 3.63) is 21.1 Å². The third-order valence-electron chi connectivity index (χ3n) is 2.12. The Balaban J connectivity index is 2.97. The molecule has 0 unspecified atom stereocenters. The summed E-state index contributed by atoms with van der Waals surface area (Å²) in [5, 5.41) is 0. The van der Waals surface area contributed by atoms with E-state index < -0.39 is 10.0 Å². The van der Waals surface area contributed by atoms with Crippen molar-refractivity contribution in [3.8, 4) is 5.75 Å². The highest BCUT2D eigenvalue weighted by atomic mass is 79.9. The fourth-order valence-corrected chi connectivity index (χ4v) is 3.79. The molecule has 1 aromatic carbocycles. The summed E-state index contributed by atoms with van der Waals surface area (Å²) in [4.78, 5) is 0. The van der Waals surface area contributed by atoms with E-state index in [0.717, 1.165) is 4.47 Å². The molecule has 0 aromatic heterocycles. The molecule has 3 N–H and O–H groups in total. The average Bonchev–Trinajstić information content (AvgIpc) is 2.30. The number of hydrogen-bond donors (Lipinski definition) is 2. The summed E-state index contributed by atoms with van der Waals surface area (Å²) in [6.07, 6.45) is 0.417. The molecule has 0 aliphatic heterocycles. The molecule has 0 atom stereocenters. The molecule has 0 amide bonds. The Morgan fingerprint density at radius 2 is 2.00 bits per heavy atom. The van der Waals surface area contributed by atoms with Gasteiger partial charge in [-0.15, -0.1) is 0 Å². The van der Waals surface area contributed by atoms with Crippen LogP contribution in [0.15, 0.2) is 21.1 Å². The Labute approximate surface area is 123 Å². The van der Waals surface area contributed by atoms with Crippen LogP contribution in [-0.2, 0) is 10.0 Å². The van der Waals surface area contributed by atoms with Crippen LogP contribution in [0.4, 0.5) is 5.69 Å². The Hall–Kier alpha value is -0.310. The zero-order valence-electron chi connectivity index (χ0n) is 9.74. The Morgan fingerprint density at radius 1 is 1.33 bits per heavy atom. The molecule has 5 nitrogen and oxygen atoms in total. The zero-order valence-corrected chi connectivity index (χ0v) is 13.7. The van der Waals surface area contributed by atoms with Crippen LogP contribution in [0.5, 0.6) is 5.75 Å². The normalized spacial score (nSPS) is 11.3. The number of hydrogen-bond acceptors (Lipinski definition) is 4. The molecule has 0 aliphatic rings. The summed E-state index contributed by atoms with van der Waals surface area (Å²) in [5.74, 6) is 0.545. The highest BCUT2D eigenvalue weighted by Gasteiger charge is 2.14. The number of nitrogens with two attached hydrogens (primary N) is 1. The molecule has 18 heavy (non-hydrogen) atoms. The van der Waals surface area contributed by atoms with E-state index in [0.29, 0.717) is 28.9 Å². The fourth-order valence-electron chi connectivity index (χ4n) is 1.26. The number of nitrogens with one attached hydrogen (secondary N) is 1. The van der Waals surface area contributed by atoms with Gasteiger partial charge in [-0.3, -0.25) is 4.72 Å². The second-order valence-corrected chi connectivity index (χ2v) is 7.08. The van der Waals surface area contributed by atoms with E-state index in [9.17, 15) is 8.42 Å². The van der Waals surface area contributed by atoms with Crippen molar-refractivity contribution < 1.29 is 13.2 Å². The Bertz CT molecular complexity index is 520. The van der Waals surface area contributed by atoms with Gasteiger partial charge in [-0.1, -0.05) is 0 Å². The van der Waals surface area contributed by atoms with Crippen LogP contribution in [0.25, 0.3) is 0 Å². The van der Waals surface area contributed by atoms with Crippen molar-refractivity contribution in [1.82, 2.24) is 0 Å².